The molecule has 2 aromatic rings. The lowest BCUT2D eigenvalue weighted by molar-refractivity contribution is -0.221. The number of amides is 1. The van der Waals surface area contributed by atoms with Gasteiger partial charge >= 0.3 is 11.9 Å². The van der Waals surface area contributed by atoms with E-state index in [9.17, 15) is 14.4 Å². The maximum atomic E-state index is 14.6. The van der Waals surface area contributed by atoms with Crippen molar-refractivity contribution >= 4 is 23.6 Å². The molecular weight excluding hydrogens is 536 g/mol. The number of ether oxygens (including phenoxy) is 4. The third-order valence-corrected chi connectivity index (χ3v) is 9.20. The Morgan fingerprint density at radius 1 is 1.00 bits per heavy atom. The fourth-order valence-corrected chi connectivity index (χ4v) is 7.61. The number of rotatable bonds is 9. The molecule has 3 heterocycles. The molecule has 0 N–H and O–H groups in total. The van der Waals surface area contributed by atoms with Crippen LogP contribution in [-0.2, 0) is 35.1 Å². The molecule has 2 aromatic carbocycles. The van der Waals surface area contributed by atoms with Crippen molar-refractivity contribution in [2.75, 3.05) is 20.3 Å². The van der Waals surface area contributed by atoms with Crippen LogP contribution in [0.15, 0.2) is 59.6 Å². The van der Waals surface area contributed by atoms with Crippen molar-refractivity contribution in [3.8, 4) is 0 Å². The number of nitrogens with zero attached hydrogens (tertiary/aromatic N) is 2. The van der Waals surface area contributed by atoms with Gasteiger partial charge in [-0.05, 0) is 50.3 Å². The number of hydrogen-bond donors (Lipinski definition) is 0. The van der Waals surface area contributed by atoms with Gasteiger partial charge in [0.15, 0.2) is 5.72 Å². The van der Waals surface area contributed by atoms with E-state index in [0.717, 1.165) is 37.7 Å². The van der Waals surface area contributed by atoms with Crippen LogP contribution in [0.4, 0.5) is 0 Å². The third kappa shape index (κ3) is 4.36. The summed E-state index contributed by atoms with van der Waals surface area (Å²) in [6.07, 6.45) is 5.19. The van der Waals surface area contributed by atoms with Crippen molar-refractivity contribution in [2.45, 2.75) is 70.1 Å². The summed E-state index contributed by atoms with van der Waals surface area (Å²) in [7, 11) is 1.33. The lowest BCUT2D eigenvalue weighted by atomic mass is 9.73. The van der Waals surface area contributed by atoms with Crippen molar-refractivity contribution < 1.29 is 33.3 Å². The molecule has 0 aromatic heterocycles. The van der Waals surface area contributed by atoms with E-state index < -0.39 is 35.3 Å². The van der Waals surface area contributed by atoms with Crippen LogP contribution in [0.25, 0.3) is 0 Å². The Kier molecular flexibility index (Phi) is 7.66. The van der Waals surface area contributed by atoms with Gasteiger partial charge < -0.3 is 23.8 Å². The number of fused-ring (bicyclic) bond motifs is 1. The van der Waals surface area contributed by atoms with Crippen molar-refractivity contribution in [3.63, 3.8) is 0 Å². The molecule has 1 unspecified atom stereocenters. The number of likely N-dealkylation sites (tertiary alicyclic amines) is 1. The first-order valence-electron chi connectivity index (χ1n) is 15.0. The average Bonchev–Trinajstić information content (AvgIpc) is 3.58. The maximum Gasteiger partial charge on any atom is 0.337 e. The standard InChI is InChI=1S/C33H38N2O7/c1-4-40-31(38)26-25-29(36)35(20-21-12-8-6-9-13-21)28(23-14-10-7-11-15-23)32(25)34-27(33(26,42-32)41-5-2)22-16-18-24(19-17-22)30(37)39-3/h6,8-9,12-13,16-19,23,25-26,28H,4-5,7,10-11,14-15,20H2,1-3H3/t25-,26-,28?,32-,33-/m1/s1. The lowest BCUT2D eigenvalue weighted by Gasteiger charge is -2.40. The first-order valence-corrected chi connectivity index (χ1v) is 15.0. The smallest absolute Gasteiger partial charge is 0.337 e. The third-order valence-electron chi connectivity index (χ3n) is 9.20. The summed E-state index contributed by atoms with van der Waals surface area (Å²) in [6, 6.07) is 16.4. The van der Waals surface area contributed by atoms with E-state index in [0.29, 0.717) is 23.4 Å². The summed E-state index contributed by atoms with van der Waals surface area (Å²) in [6.45, 7) is 4.37. The number of esters is 2. The molecule has 1 saturated carbocycles. The highest BCUT2D eigenvalue weighted by molar-refractivity contribution is 6.12. The monoisotopic (exact) mass is 574 g/mol. The molecule has 0 radical (unpaired) electrons. The van der Waals surface area contributed by atoms with E-state index in [1.54, 1.807) is 31.2 Å². The van der Waals surface area contributed by atoms with Crippen LogP contribution in [-0.4, -0.2) is 66.3 Å². The van der Waals surface area contributed by atoms with Gasteiger partial charge in [-0.1, -0.05) is 61.7 Å². The van der Waals surface area contributed by atoms with Gasteiger partial charge in [0.1, 0.15) is 17.5 Å². The molecule has 1 spiro atoms. The van der Waals surface area contributed by atoms with E-state index in [-0.39, 0.29) is 31.1 Å². The molecule has 1 amide bonds. The topological polar surface area (TPSA) is 104 Å². The highest BCUT2D eigenvalue weighted by atomic mass is 16.7. The normalized spacial score (nSPS) is 30.3. The van der Waals surface area contributed by atoms with Gasteiger partial charge in [-0.2, -0.15) is 0 Å². The molecule has 5 atom stereocenters. The summed E-state index contributed by atoms with van der Waals surface area (Å²) >= 11 is 0. The number of carbonyl (C=O) groups is 3. The molecule has 1 aliphatic carbocycles. The zero-order valence-electron chi connectivity index (χ0n) is 24.4. The number of carbonyl (C=O) groups excluding carboxylic acids is 3. The average molecular weight is 575 g/mol. The number of benzene rings is 2. The molecule has 3 aliphatic heterocycles. The molecule has 3 fully saturated rings. The highest BCUT2D eigenvalue weighted by Gasteiger charge is 2.81. The van der Waals surface area contributed by atoms with Gasteiger partial charge in [-0.15, -0.1) is 0 Å². The second-order valence-corrected chi connectivity index (χ2v) is 11.5. The SMILES string of the molecule is CCOC(=O)[C@H]1[C@@H]2C(=O)N(Cc3ccccc3)C(C3CCCCC3)[C@@]23N=C(c2ccc(C(=O)OC)cc2)[C@]1(OCC)O3. The Balaban J connectivity index is 1.53. The summed E-state index contributed by atoms with van der Waals surface area (Å²) in [5.74, 6) is -4.50. The molecular formula is C33H38N2O7. The Bertz CT molecular complexity index is 1370. The first kappa shape index (κ1) is 28.6. The van der Waals surface area contributed by atoms with Crippen LogP contribution >= 0.6 is 0 Å². The minimum absolute atomic E-state index is 0.154. The van der Waals surface area contributed by atoms with Crippen LogP contribution in [0.2, 0.25) is 0 Å². The molecule has 42 heavy (non-hydrogen) atoms. The zero-order valence-corrected chi connectivity index (χ0v) is 24.4. The Morgan fingerprint density at radius 2 is 1.71 bits per heavy atom. The molecule has 2 bridgehead atoms. The summed E-state index contributed by atoms with van der Waals surface area (Å²) < 4.78 is 23.8. The van der Waals surface area contributed by atoms with E-state index >= 15 is 0 Å². The van der Waals surface area contributed by atoms with Crippen LogP contribution < -0.4 is 0 Å². The van der Waals surface area contributed by atoms with Crippen LogP contribution in [0.5, 0.6) is 0 Å². The summed E-state index contributed by atoms with van der Waals surface area (Å²) in [5, 5.41) is 0. The molecule has 4 aliphatic rings. The van der Waals surface area contributed by atoms with Crippen molar-refractivity contribution in [1.82, 2.24) is 4.90 Å². The predicted octanol–water partition coefficient (Wildman–Crippen LogP) is 4.52. The van der Waals surface area contributed by atoms with Crippen molar-refractivity contribution in [2.24, 2.45) is 22.7 Å². The number of aliphatic imine (C=N–C) groups is 1. The number of hydrogen-bond acceptors (Lipinski definition) is 8. The van der Waals surface area contributed by atoms with Gasteiger partial charge in [0.05, 0.1) is 25.3 Å². The zero-order chi connectivity index (χ0) is 29.5. The van der Waals surface area contributed by atoms with E-state index in [4.69, 9.17) is 23.9 Å². The molecule has 9 heteroatoms. The maximum absolute atomic E-state index is 14.6. The fourth-order valence-electron chi connectivity index (χ4n) is 7.61. The second kappa shape index (κ2) is 11.3. The predicted molar refractivity (Wildman–Crippen MR) is 153 cm³/mol. The lowest BCUT2D eigenvalue weighted by Crippen LogP contribution is -2.53. The highest BCUT2D eigenvalue weighted by Crippen LogP contribution is 2.63. The Morgan fingerprint density at radius 3 is 2.36 bits per heavy atom. The minimum atomic E-state index is -1.60. The Labute approximate surface area is 246 Å². The number of methoxy groups -OCH3 is 1. The minimum Gasteiger partial charge on any atom is -0.466 e. The summed E-state index contributed by atoms with van der Waals surface area (Å²) in [4.78, 5) is 47.7. The van der Waals surface area contributed by atoms with Gasteiger partial charge in [0.25, 0.3) is 0 Å². The van der Waals surface area contributed by atoms with Gasteiger partial charge in [-0.3, -0.25) is 9.59 Å². The second-order valence-electron chi connectivity index (χ2n) is 11.5. The molecule has 6 rings (SSSR count). The molecule has 2 saturated heterocycles. The Hall–Kier alpha value is -3.56. The van der Waals surface area contributed by atoms with E-state index in [2.05, 4.69) is 0 Å². The largest absolute Gasteiger partial charge is 0.466 e. The van der Waals surface area contributed by atoms with Crippen molar-refractivity contribution in [3.05, 3.63) is 71.3 Å². The van der Waals surface area contributed by atoms with Gasteiger partial charge in [0, 0.05) is 18.7 Å². The van der Waals surface area contributed by atoms with Gasteiger partial charge in [0.2, 0.25) is 11.7 Å². The van der Waals surface area contributed by atoms with Crippen LogP contribution in [0, 0.1) is 17.8 Å². The van der Waals surface area contributed by atoms with Crippen molar-refractivity contribution in [1.29, 1.82) is 0 Å². The van der Waals surface area contributed by atoms with E-state index in [1.807, 2.05) is 42.2 Å². The van der Waals surface area contributed by atoms with Crippen LogP contribution in [0.3, 0.4) is 0 Å². The first-order chi connectivity index (χ1) is 20.4. The molecule has 9 nitrogen and oxygen atoms in total. The van der Waals surface area contributed by atoms with E-state index in [1.165, 1.54) is 7.11 Å². The van der Waals surface area contributed by atoms with Crippen LogP contribution in [0.1, 0.15) is 67.4 Å². The molecule has 222 valence electrons. The quantitative estimate of drug-likeness (QED) is 0.406. The fraction of sp³-hybridized carbons (Fsp3) is 0.515. The van der Waals surface area contributed by atoms with Gasteiger partial charge in [-0.25, -0.2) is 9.79 Å². The summed E-state index contributed by atoms with van der Waals surface area (Å²) in [5.41, 5.74) is 1.19.